The summed E-state index contributed by atoms with van der Waals surface area (Å²) in [6, 6.07) is 0. The molecule has 0 aliphatic carbocycles. The van der Waals surface area contributed by atoms with Crippen LogP contribution in [0.1, 0.15) is 53.9 Å². The highest BCUT2D eigenvalue weighted by molar-refractivity contribution is 5.75. The Kier molecular flexibility index (Phi) is 6.39. The minimum absolute atomic E-state index is 0.0806. The highest BCUT2D eigenvalue weighted by Gasteiger charge is 2.28. The predicted molar refractivity (Wildman–Crippen MR) is 68.2 cm³/mol. The molecule has 0 amide bonds. The van der Waals surface area contributed by atoms with E-state index in [4.69, 9.17) is 4.74 Å². The zero-order valence-corrected chi connectivity index (χ0v) is 11.4. The zero-order valence-electron chi connectivity index (χ0n) is 11.4. The van der Waals surface area contributed by atoms with Gasteiger partial charge in [0.1, 0.15) is 0 Å². The molecule has 0 bridgehead atoms. The van der Waals surface area contributed by atoms with Gasteiger partial charge in [0.05, 0.1) is 12.0 Å². The van der Waals surface area contributed by atoms with Crippen LogP contribution in [0, 0.1) is 11.3 Å². The fraction of sp³-hybridized carbons (Fsp3) is 0.786. The number of hydrogen-bond acceptors (Lipinski definition) is 2. The average molecular weight is 226 g/mol. The second-order valence-corrected chi connectivity index (χ2v) is 5.69. The molecule has 16 heavy (non-hydrogen) atoms. The molecule has 0 aromatic carbocycles. The van der Waals surface area contributed by atoms with Crippen LogP contribution in [0.2, 0.25) is 0 Å². The molecule has 0 aromatic rings. The standard InChI is InChI=1S/C14H26O2/c1-11(2)8-7-9-14(5,6)13(15)16-10-12(3)4/h12H,1,7-10H2,2-6H3. The molecule has 0 aromatic heterocycles. The molecule has 2 nitrogen and oxygen atoms in total. The first-order chi connectivity index (χ1) is 7.25. The van der Waals surface area contributed by atoms with Gasteiger partial charge in [-0.15, -0.1) is 6.58 Å². The van der Waals surface area contributed by atoms with Gasteiger partial charge in [-0.25, -0.2) is 0 Å². The van der Waals surface area contributed by atoms with Crippen molar-refractivity contribution >= 4 is 5.97 Å². The topological polar surface area (TPSA) is 26.3 Å². The Morgan fingerprint density at radius 2 is 1.94 bits per heavy atom. The largest absolute Gasteiger partial charge is 0.465 e. The molecule has 2 heteroatoms. The van der Waals surface area contributed by atoms with E-state index in [9.17, 15) is 4.79 Å². The Morgan fingerprint density at radius 3 is 2.38 bits per heavy atom. The lowest BCUT2D eigenvalue weighted by atomic mass is 9.87. The fourth-order valence-electron chi connectivity index (χ4n) is 1.37. The zero-order chi connectivity index (χ0) is 12.8. The summed E-state index contributed by atoms with van der Waals surface area (Å²) in [7, 11) is 0. The first kappa shape index (κ1) is 15.2. The molecule has 0 atom stereocenters. The Morgan fingerprint density at radius 1 is 1.38 bits per heavy atom. The van der Waals surface area contributed by atoms with Gasteiger partial charge in [0.2, 0.25) is 0 Å². The Balaban J connectivity index is 4.00. The molecule has 0 saturated heterocycles. The lowest BCUT2D eigenvalue weighted by Gasteiger charge is -2.23. The van der Waals surface area contributed by atoms with Gasteiger partial charge < -0.3 is 4.74 Å². The van der Waals surface area contributed by atoms with Crippen molar-refractivity contribution in [2.75, 3.05) is 6.61 Å². The van der Waals surface area contributed by atoms with Gasteiger partial charge in [-0.2, -0.15) is 0 Å². The van der Waals surface area contributed by atoms with Gasteiger partial charge in [-0.3, -0.25) is 4.79 Å². The van der Waals surface area contributed by atoms with Crippen molar-refractivity contribution in [3.8, 4) is 0 Å². The van der Waals surface area contributed by atoms with Gasteiger partial charge in [-0.1, -0.05) is 19.4 Å². The van der Waals surface area contributed by atoms with Gasteiger partial charge >= 0.3 is 5.97 Å². The van der Waals surface area contributed by atoms with E-state index in [1.165, 1.54) is 5.57 Å². The summed E-state index contributed by atoms with van der Waals surface area (Å²) in [5.74, 6) is 0.318. The summed E-state index contributed by atoms with van der Waals surface area (Å²) in [6.45, 7) is 14.4. The third-order valence-corrected chi connectivity index (χ3v) is 2.51. The number of carbonyl (C=O) groups excluding carboxylic acids is 1. The molecule has 0 spiro atoms. The number of ether oxygens (including phenoxy) is 1. The quantitative estimate of drug-likeness (QED) is 0.485. The lowest BCUT2D eigenvalue weighted by Crippen LogP contribution is -2.27. The minimum atomic E-state index is -0.371. The van der Waals surface area contributed by atoms with Gasteiger partial charge in [0, 0.05) is 0 Å². The molecule has 0 N–H and O–H groups in total. The SMILES string of the molecule is C=C(C)CCCC(C)(C)C(=O)OCC(C)C. The van der Waals surface area contributed by atoms with Crippen molar-refractivity contribution in [1.29, 1.82) is 0 Å². The van der Waals surface area contributed by atoms with E-state index in [1.54, 1.807) is 0 Å². The number of rotatable bonds is 7. The molecule has 94 valence electrons. The summed E-state index contributed by atoms with van der Waals surface area (Å²) in [6.07, 6.45) is 2.84. The highest BCUT2D eigenvalue weighted by Crippen LogP contribution is 2.26. The number of carbonyl (C=O) groups is 1. The van der Waals surface area contributed by atoms with E-state index in [-0.39, 0.29) is 11.4 Å². The maximum absolute atomic E-state index is 11.8. The first-order valence-electron chi connectivity index (χ1n) is 6.07. The third kappa shape index (κ3) is 6.65. The maximum atomic E-state index is 11.8. The number of esters is 1. The van der Waals surface area contributed by atoms with Crippen LogP contribution in [0.3, 0.4) is 0 Å². The molecule has 0 unspecified atom stereocenters. The van der Waals surface area contributed by atoms with Gasteiger partial charge in [0.15, 0.2) is 0 Å². The van der Waals surface area contributed by atoms with Crippen molar-refractivity contribution in [2.24, 2.45) is 11.3 Å². The molecule has 0 rings (SSSR count). The third-order valence-electron chi connectivity index (χ3n) is 2.51. The van der Waals surface area contributed by atoms with Crippen LogP contribution >= 0.6 is 0 Å². The molecule has 0 aliphatic heterocycles. The summed E-state index contributed by atoms with van der Waals surface area (Å²) in [4.78, 5) is 11.8. The van der Waals surface area contributed by atoms with E-state index >= 15 is 0 Å². The monoisotopic (exact) mass is 226 g/mol. The molecule has 0 aliphatic rings. The number of allylic oxidation sites excluding steroid dienone is 1. The van der Waals surface area contributed by atoms with Crippen LogP contribution in [0.5, 0.6) is 0 Å². The summed E-state index contributed by atoms with van der Waals surface area (Å²) >= 11 is 0. The van der Waals surface area contributed by atoms with Crippen LogP contribution in [0.25, 0.3) is 0 Å². The van der Waals surface area contributed by atoms with Crippen LogP contribution in [0.15, 0.2) is 12.2 Å². The van der Waals surface area contributed by atoms with E-state index in [0.29, 0.717) is 12.5 Å². The lowest BCUT2D eigenvalue weighted by molar-refractivity contribution is -0.155. The van der Waals surface area contributed by atoms with Gasteiger partial charge in [-0.05, 0) is 46.0 Å². The second kappa shape index (κ2) is 6.72. The minimum Gasteiger partial charge on any atom is -0.465 e. The van der Waals surface area contributed by atoms with Crippen LogP contribution in [-0.2, 0) is 9.53 Å². The highest BCUT2D eigenvalue weighted by atomic mass is 16.5. The Bertz CT molecular complexity index is 239. The molecular formula is C14H26O2. The fourth-order valence-corrected chi connectivity index (χ4v) is 1.37. The molecule has 0 heterocycles. The van der Waals surface area contributed by atoms with Crippen LogP contribution < -0.4 is 0 Å². The molecule has 0 radical (unpaired) electrons. The molecular weight excluding hydrogens is 200 g/mol. The summed E-state index contributed by atoms with van der Waals surface area (Å²) < 4.78 is 5.26. The van der Waals surface area contributed by atoms with Crippen molar-refractivity contribution in [3.05, 3.63) is 12.2 Å². The normalized spacial score (nSPS) is 11.6. The Hall–Kier alpha value is -0.790. The summed E-state index contributed by atoms with van der Waals surface area (Å²) in [5, 5.41) is 0. The first-order valence-corrected chi connectivity index (χ1v) is 6.07. The molecule has 0 fully saturated rings. The van der Waals surface area contributed by atoms with E-state index in [0.717, 1.165) is 19.3 Å². The second-order valence-electron chi connectivity index (χ2n) is 5.69. The average Bonchev–Trinajstić information content (AvgIpc) is 2.12. The summed E-state index contributed by atoms with van der Waals surface area (Å²) in [5.41, 5.74) is 0.802. The van der Waals surface area contributed by atoms with Crippen LogP contribution in [-0.4, -0.2) is 12.6 Å². The Labute approximate surface area is 100 Å². The van der Waals surface area contributed by atoms with Crippen molar-refractivity contribution in [3.63, 3.8) is 0 Å². The van der Waals surface area contributed by atoms with E-state index in [1.807, 2.05) is 34.6 Å². The predicted octanol–water partition coefficient (Wildman–Crippen LogP) is 3.96. The number of hydrogen-bond donors (Lipinski definition) is 0. The van der Waals surface area contributed by atoms with E-state index in [2.05, 4.69) is 6.58 Å². The van der Waals surface area contributed by atoms with Crippen LogP contribution in [0.4, 0.5) is 0 Å². The van der Waals surface area contributed by atoms with Crippen molar-refractivity contribution in [1.82, 2.24) is 0 Å². The van der Waals surface area contributed by atoms with Gasteiger partial charge in [0.25, 0.3) is 0 Å². The maximum Gasteiger partial charge on any atom is 0.311 e. The van der Waals surface area contributed by atoms with E-state index < -0.39 is 0 Å². The molecule has 0 saturated carbocycles. The smallest absolute Gasteiger partial charge is 0.311 e. The van der Waals surface area contributed by atoms with Crippen molar-refractivity contribution in [2.45, 2.75) is 53.9 Å². The van der Waals surface area contributed by atoms with Crippen molar-refractivity contribution < 1.29 is 9.53 Å².